The molecule has 1 N–H and O–H groups in total. The van der Waals surface area contributed by atoms with Gasteiger partial charge in [-0.15, -0.1) is 0 Å². The maximum atomic E-state index is 12.3. The molecular formula is C14H14BrN3O3. The van der Waals surface area contributed by atoms with Gasteiger partial charge in [-0.05, 0) is 40.5 Å². The highest BCUT2D eigenvalue weighted by Crippen LogP contribution is 2.32. The molecule has 0 fully saturated rings. The number of nitrogens with one attached hydrogen (secondary N) is 1. The number of aromatic nitrogens is 2. The van der Waals surface area contributed by atoms with Crippen LogP contribution in [0.4, 0.5) is 0 Å². The molecule has 0 radical (unpaired) electrons. The van der Waals surface area contributed by atoms with Gasteiger partial charge in [0, 0.05) is 13.1 Å². The molecule has 0 saturated carbocycles. The lowest BCUT2D eigenvalue weighted by Crippen LogP contribution is -2.26. The van der Waals surface area contributed by atoms with Crippen LogP contribution < -0.4 is 14.8 Å². The fourth-order valence-electron chi connectivity index (χ4n) is 2.14. The van der Waals surface area contributed by atoms with E-state index in [4.69, 9.17) is 9.47 Å². The Morgan fingerprint density at radius 2 is 2.24 bits per heavy atom. The molecule has 1 amide bonds. The second-order valence-corrected chi connectivity index (χ2v) is 5.38. The second kappa shape index (κ2) is 5.77. The van der Waals surface area contributed by atoms with Crippen LogP contribution in [0.5, 0.6) is 11.5 Å². The molecule has 0 bridgehead atoms. The molecule has 2 heterocycles. The summed E-state index contributed by atoms with van der Waals surface area (Å²) >= 11 is 3.34. The number of benzene rings is 1. The molecular weight excluding hydrogens is 338 g/mol. The van der Waals surface area contributed by atoms with Gasteiger partial charge < -0.3 is 14.8 Å². The molecule has 21 heavy (non-hydrogen) atoms. The van der Waals surface area contributed by atoms with E-state index < -0.39 is 0 Å². The lowest BCUT2D eigenvalue weighted by atomic mass is 10.2. The number of halogens is 1. The molecule has 0 saturated heterocycles. The average Bonchev–Trinajstić information content (AvgIpc) is 3.10. The van der Waals surface area contributed by atoms with Crippen molar-refractivity contribution in [3.05, 3.63) is 40.1 Å². The van der Waals surface area contributed by atoms with E-state index in [-0.39, 0.29) is 12.7 Å². The molecule has 6 nitrogen and oxygen atoms in total. The van der Waals surface area contributed by atoms with E-state index in [1.165, 1.54) is 0 Å². The number of carbonyl (C=O) groups is 1. The number of amides is 1. The average molecular weight is 352 g/mol. The number of hydrogen-bond donors (Lipinski definition) is 1. The van der Waals surface area contributed by atoms with E-state index >= 15 is 0 Å². The van der Waals surface area contributed by atoms with Gasteiger partial charge in [0.05, 0.1) is 10.7 Å². The minimum atomic E-state index is -0.168. The van der Waals surface area contributed by atoms with Crippen molar-refractivity contribution >= 4 is 21.8 Å². The van der Waals surface area contributed by atoms with Crippen LogP contribution in [0.15, 0.2) is 28.9 Å². The van der Waals surface area contributed by atoms with Crippen molar-refractivity contribution in [3.63, 3.8) is 0 Å². The van der Waals surface area contributed by atoms with E-state index in [2.05, 4.69) is 26.3 Å². The Balaban J connectivity index is 1.70. The van der Waals surface area contributed by atoms with Crippen LogP contribution in [0.2, 0.25) is 0 Å². The lowest BCUT2D eigenvalue weighted by Gasteiger charge is -2.08. The first kappa shape index (κ1) is 13.9. The first-order valence-corrected chi connectivity index (χ1v) is 7.36. The smallest absolute Gasteiger partial charge is 0.270 e. The third-order valence-corrected chi connectivity index (χ3v) is 3.78. The van der Waals surface area contributed by atoms with Gasteiger partial charge in [-0.1, -0.05) is 6.07 Å². The summed E-state index contributed by atoms with van der Waals surface area (Å²) in [6, 6.07) is 5.62. The third kappa shape index (κ3) is 2.73. The van der Waals surface area contributed by atoms with Crippen molar-refractivity contribution in [2.45, 2.75) is 20.0 Å². The van der Waals surface area contributed by atoms with Gasteiger partial charge in [0.15, 0.2) is 11.5 Å². The van der Waals surface area contributed by atoms with Crippen LogP contribution in [0.3, 0.4) is 0 Å². The molecule has 110 valence electrons. The standard InChI is InChI=1S/C14H14BrN3O3/c1-2-18-13(10(15)7-17-18)14(19)16-6-9-3-4-11-12(5-9)21-8-20-11/h3-5,7H,2,6,8H2,1H3,(H,16,19). The zero-order chi connectivity index (χ0) is 14.8. The summed E-state index contributed by atoms with van der Waals surface area (Å²) in [6.07, 6.45) is 1.62. The second-order valence-electron chi connectivity index (χ2n) is 4.53. The fourth-order valence-corrected chi connectivity index (χ4v) is 2.62. The first-order valence-electron chi connectivity index (χ1n) is 6.57. The van der Waals surface area contributed by atoms with E-state index in [1.54, 1.807) is 10.9 Å². The van der Waals surface area contributed by atoms with Crippen molar-refractivity contribution in [1.82, 2.24) is 15.1 Å². The maximum absolute atomic E-state index is 12.3. The molecule has 0 unspecified atom stereocenters. The Bertz CT molecular complexity index is 684. The summed E-state index contributed by atoms with van der Waals surface area (Å²) in [6.45, 7) is 3.23. The van der Waals surface area contributed by atoms with Crippen LogP contribution in [0, 0.1) is 0 Å². The monoisotopic (exact) mass is 351 g/mol. The van der Waals surface area contributed by atoms with E-state index in [0.717, 1.165) is 11.3 Å². The van der Waals surface area contributed by atoms with Crippen molar-refractivity contribution in [2.24, 2.45) is 0 Å². The fraction of sp³-hybridized carbons (Fsp3) is 0.286. The van der Waals surface area contributed by atoms with Gasteiger partial charge in [0.25, 0.3) is 5.91 Å². The number of fused-ring (bicyclic) bond motifs is 1. The summed E-state index contributed by atoms with van der Waals surface area (Å²) < 4.78 is 12.9. The number of ether oxygens (including phenoxy) is 2. The minimum absolute atomic E-state index is 0.168. The predicted molar refractivity (Wildman–Crippen MR) is 79.3 cm³/mol. The summed E-state index contributed by atoms with van der Waals surface area (Å²) in [5.41, 5.74) is 1.48. The Morgan fingerprint density at radius 3 is 3.05 bits per heavy atom. The van der Waals surface area contributed by atoms with Crippen LogP contribution in [0.25, 0.3) is 0 Å². The van der Waals surface area contributed by atoms with E-state index in [0.29, 0.717) is 29.0 Å². The lowest BCUT2D eigenvalue weighted by molar-refractivity contribution is 0.0939. The van der Waals surface area contributed by atoms with Gasteiger partial charge in [0.1, 0.15) is 5.69 Å². The molecule has 0 atom stereocenters. The summed E-state index contributed by atoms with van der Waals surface area (Å²) in [4.78, 5) is 12.3. The van der Waals surface area contributed by atoms with Crippen molar-refractivity contribution in [2.75, 3.05) is 6.79 Å². The largest absolute Gasteiger partial charge is 0.454 e. The van der Waals surface area contributed by atoms with E-state index in [1.807, 2.05) is 25.1 Å². The van der Waals surface area contributed by atoms with Gasteiger partial charge in [-0.25, -0.2) is 0 Å². The number of rotatable bonds is 4. The zero-order valence-electron chi connectivity index (χ0n) is 11.4. The Kier molecular flexibility index (Phi) is 3.83. The zero-order valence-corrected chi connectivity index (χ0v) is 13.0. The number of hydrogen-bond acceptors (Lipinski definition) is 4. The van der Waals surface area contributed by atoms with Crippen molar-refractivity contribution in [1.29, 1.82) is 0 Å². The van der Waals surface area contributed by atoms with E-state index in [9.17, 15) is 4.79 Å². The summed E-state index contributed by atoms with van der Waals surface area (Å²) in [5, 5.41) is 7.01. The van der Waals surface area contributed by atoms with Gasteiger partial charge in [-0.2, -0.15) is 5.10 Å². The van der Waals surface area contributed by atoms with Crippen molar-refractivity contribution in [3.8, 4) is 11.5 Å². The highest BCUT2D eigenvalue weighted by Gasteiger charge is 2.17. The van der Waals surface area contributed by atoms with Crippen LogP contribution in [-0.4, -0.2) is 22.5 Å². The van der Waals surface area contributed by atoms with Gasteiger partial charge in [-0.3, -0.25) is 9.48 Å². The maximum Gasteiger partial charge on any atom is 0.270 e. The molecule has 0 aliphatic carbocycles. The first-order chi connectivity index (χ1) is 10.2. The number of aryl methyl sites for hydroxylation is 1. The molecule has 1 aromatic carbocycles. The Hall–Kier alpha value is -2.02. The molecule has 1 aliphatic rings. The molecule has 0 spiro atoms. The normalized spacial score (nSPS) is 12.5. The highest BCUT2D eigenvalue weighted by molar-refractivity contribution is 9.10. The van der Waals surface area contributed by atoms with Gasteiger partial charge >= 0.3 is 0 Å². The molecule has 1 aliphatic heterocycles. The molecule has 2 aromatic rings. The van der Waals surface area contributed by atoms with Crippen LogP contribution in [-0.2, 0) is 13.1 Å². The molecule has 7 heteroatoms. The number of nitrogens with zero attached hydrogens (tertiary/aromatic N) is 2. The Labute approximate surface area is 130 Å². The van der Waals surface area contributed by atoms with Crippen LogP contribution >= 0.6 is 15.9 Å². The summed E-state index contributed by atoms with van der Waals surface area (Å²) in [7, 11) is 0. The SMILES string of the molecule is CCn1ncc(Br)c1C(=O)NCc1ccc2c(c1)OCO2. The topological polar surface area (TPSA) is 65.4 Å². The number of carbonyl (C=O) groups excluding carboxylic acids is 1. The molecule has 1 aromatic heterocycles. The molecule has 3 rings (SSSR count). The quantitative estimate of drug-likeness (QED) is 0.917. The van der Waals surface area contributed by atoms with Gasteiger partial charge in [0.2, 0.25) is 6.79 Å². The van der Waals surface area contributed by atoms with Crippen LogP contribution in [0.1, 0.15) is 23.0 Å². The Morgan fingerprint density at radius 1 is 1.43 bits per heavy atom. The predicted octanol–water partition coefficient (Wildman–Crippen LogP) is 2.32. The minimum Gasteiger partial charge on any atom is -0.454 e. The summed E-state index contributed by atoms with van der Waals surface area (Å²) in [5.74, 6) is 1.28. The highest BCUT2D eigenvalue weighted by atomic mass is 79.9. The van der Waals surface area contributed by atoms with Crippen molar-refractivity contribution < 1.29 is 14.3 Å². The third-order valence-electron chi connectivity index (χ3n) is 3.20.